The van der Waals surface area contributed by atoms with Gasteiger partial charge in [-0.15, -0.1) is 0 Å². The van der Waals surface area contributed by atoms with Crippen LogP contribution in [0.2, 0.25) is 0 Å². The zero-order valence-electron chi connectivity index (χ0n) is 9.59. The van der Waals surface area contributed by atoms with Crippen LogP contribution in [-0.4, -0.2) is 18.5 Å². The van der Waals surface area contributed by atoms with Crippen molar-refractivity contribution >= 4 is 5.91 Å². The van der Waals surface area contributed by atoms with Gasteiger partial charge < -0.3 is 10.6 Å². The standard InChI is InChI=1S/C12H17FN2O/c1-9(2)14-8-12(16)15-7-10-3-5-11(13)6-4-10/h3-6,9,14H,7-8H2,1-2H3,(H,15,16). The molecule has 88 valence electrons. The molecule has 1 aromatic rings. The lowest BCUT2D eigenvalue weighted by molar-refractivity contribution is -0.120. The van der Waals surface area contributed by atoms with Gasteiger partial charge in [0, 0.05) is 12.6 Å². The van der Waals surface area contributed by atoms with Crippen LogP contribution >= 0.6 is 0 Å². The van der Waals surface area contributed by atoms with Crippen LogP contribution < -0.4 is 10.6 Å². The Morgan fingerprint density at radius 2 is 1.94 bits per heavy atom. The molecule has 0 spiro atoms. The Hall–Kier alpha value is -1.42. The van der Waals surface area contributed by atoms with Crippen LogP contribution in [0.5, 0.6) is 0 Å². The van der Waals surface area contributed by atoms with E-state index in [9.17, 15) is 9.18 Å². The maximum absolute atomic E-state index is 12.6. The zero-order chi connectivity index (χ0) is 12.0. The van der Waals surface area contributed by atoms with Crippen molar-refractivity contribution in [3.8, 4) is 0 Å². The van der Waals surface area contributed by atoms with Crippen molar-refractivity contribution in [3.05, 3.63) is 35.6 Å². The molecule has 0 aliphatic rings. The largest absolute Gasteiger partial charge is 0.351 e. The molecule has 2 N–H and O–H groups in total. The summed E-state index contributed by atoms with van der Waals surface area (Å²) in [6.45, 7) is 4.69. The predicted octanol–water partition coefficient (Wildman–Crippen LogP) is 1.44. The monoisotopic (exact) mass is 224 g/mol. The predicted molar refractivity (Wildman–Crippen MR) is 61.4 cm³/mol. The number of amides is 1. The summed E-state index contributed by atoms with van der Waals surface area (Å²) in [7, 11) is 0. The minimum absolute atomic E-state index is 0.0574. The van der Waals surface area contributed by atoms with Gasteiger partial charge in [-0.1, -0.05) is 26.0 Å². The molecule has 3 nitrogen and oxygen atoms in total. The molecule has 1 amide bonds. The van der Waals surface area contributed by atoms with Crippen LogP contribution in [0.15, 0.2) is 24.3 Å². The Kier molecular flexibility index (Phi) is 4.92. The molecule has 0 bridgehead atoms. The summed E-state index contributed by atoms with van der Waals surface area (Å²) in [6, 6.07) is 6.37. The Morgan fingerprint density at radius 1 is 1.31 bits per heavy atom. The smallest absolute Gasteiger partial charge is 0.234 e. The third kappa shape index (κ3) is 4.89. The number of halogens is 1. The lowest BCUT2D eigenvalue weighted by Crippen LogP contribution is -2.36. The van der Waals surface area contributed by atoms with Crippen molar-refractivity contribution in [1.82, 2.24) is 10.6 Å². The number of nitrogens with one attached hydrogen (secondary N) is 2. The van der Waals surface area contributed by atoms with Gasteiger partial charge in [0.1, 0.15) is 5.82 Å². The normalized spacial score (nSPS) is 10.5. The minimum atomic E-state index is -0.267. The number of carbonyl (C=O) groups is 1. The minimum Gasteiger partial charge on any atom is -0.351 e. The van der Waals surface area contributed by atoms with Crippen molar-refractivity contribution in [2.75, 3.05) is 6.54 Å². The summed E-state index contributed by atoms with van der Waals surface area (Å²) >= 11 is 0. The first-order valence-corrected chi connectivity index (χ1v) is 5.32. The second-order valence-corrected chi connectivity index (χ2v) is 3.94. The highest BCUT2D eigenvalue weighted by Gasteiger charge is 2.01. The molecule has 0 atom stereocenters. The first-order chi connectivity index (χ1) is 7.58. The van der Waals surface area contributed by atoms with Gasteiger partial charge in [-0.3, -0.25) is 4.79 Å². The Morgan fingerprint density at radius 3 is 2.50 bits per heavy atom. The van der Waals surface area contributed by atoms with Crippen molar-refractivity contribution in [1.29, 1.82) is 0 Å². The molecule has 4 heteroatoms. The molecule has 0 saturated heterocycles. The van der Waals surface area contributed by atoms with E-state index >= 15 is 0 Å². The number of benzene rings is 1. The summed E-state index contributed by atoms with van der Waals surface area (Å²) in [4.78, 5) is 11.3. The van der Waals surface area contributed by atoms with E-state index in [0.29, 0.717) is 13.1 Å². The van der Waals surface area contributed by atoms with Crippen LogP contribution in [0.25, 0.3) is 0 Å². The fraction of sp³-hybridized carbons (Fsp3) is 0.417. The molecule has 0 radical (unpaired) electrons. The van der Waals surface area contributed by atoms with E-state index in [-0.39, 0.29) is 17.8 Å². The molecule has 0 fully saturated rings. The fourth-order valence-corrected chi connectivity index (χ4v) is 1.16. The molecule has 1 aromatic carbocycles. The SMILES string of the molecule is CC(C)NCC(=O)NCc1ccc(F)cc1. The van der Waals surface area contributed by atoms with Gasteiger partial charge in [0.05, 0.1) is 6.54 Å². The molecule has 1 rings (SSSR count). The number of rotatable bonds is 5. The molecule has 0 heterocycles. The Balaban J connectivity index is 2.29. The number of hydrogen-bond acceptors (Lipinski definition) is 2. The van der Waals surface area contributed by atoms with E-state index in [0.717, 1.165) is 5.56 Å². The van der Waals surface area contributed by atoms with Crippen LogP contribution in [0.4, 0.5) is 4.39 Å². The highest BCUT2D eigenvalue weighted by atomic mass is 19.1. The summed E-state index contributed by atoms with van der Waals surface area (Å²) < 4.78 is 12.6. The first kappa shape index (κ1) is 12.6. The Labute approximate surface area is 95.0 Å². The van der Waals surface area contributed by atoms with Gasteiger partial charge in [-0.25, -0.2) is 4.39 Å². The lowest BCUT2D eigenvalue weighted by Gasteiger charge is -2.08. The molecule has 0 saturated carbocycles. The summed E-state index contributed by atoms with van der Waals surface area (Å²) in [6.07, 6.45) is 0. The van der Waals surface area contributed by atoms with Crippen molar-refractivity contribution in [2.45, 2.75) is 26.4 Å². The van der Waals surface area contributed by atoms with E-state index < -0.39 is 0 Å². The molecule has 16 heavy (non-hydrogen) atoms. The summed E-state index contributed by atoms with van der Waals surface area (Å²) in [5.74, 6) is -0.324. The van der Waals surface area contributed by atoms with Crippen molar-refractivity contribution < 1.29 is 9.18 Å². The molecule has 0 aromatic heterocycles. The summed E-state index contributed by atoms with van der Waals surface area (Å²) in [5.41, 5.74) is 0.888. The third-order valence-electron chi connectivity index (χ3n) is 2.07. The van der Waals surface area contributed by atoms with Gasteiger partial charge in [0.15, 0.2) is 0 Å². The second-order valence-electron chi connectivity index (χ2n) is 3.94. The topological polar surface area (TPSA) is 41.1 Å². The molecule has 0 aliphatic carbocycles. The highest BCUT2D eigenvalue weighted by molar-refractivity contribution is 5.77. The lowest BCUT2D eigenvalue weighted by atomic mass is 10.2. The van der Waals surface area contributed by atoms with Crippen molar-refractivity contribution in [3.63, 3.8) is 0 Å². The maximum Gasteiger partial charge on any atom is 0.234 e. The second kappa shape index (κ2) is 6.23. The van der Waals surface area contributed by atoms with Crippen LogP contribution in [0.3, 0.4) is 0 Å². The van der Waals surface area contributed by atoms with E-state index in [1.165, 1.54) is 12.1 Å². The average molecular weight is 224 g/mol. The Bertz CT molecular complexity index is 335. The average Bonchev–Trinajstić information content (AvgIpc) is 2.25. The number of hydrogen-bond donors (Lipinski definition) is 2. The molecular formula is C12H17FN2O. The van der Waals surface area contributed by atoms with Crippen LogP contribution in [-0.2, 0) is 11.3 Å². The van der Waals surface area contributed by atoms with E-state index in [1.807, 2.05) is 13.8 Å². The quantitative estimate of drug-likeness (QED) is 0.794. The van der Waals surface area contributed by atoms with Crippen LogP contribution in [0.1, 0.15) is 19.4 Å². The maximum atomic E-state index is 12.6. The molecular weight excluding hydrogens is 207 g/mol. The van der Waals surface area contributed by atoms with Crippen LogP contribution in [0, 0.1) is 5.82 Å². The zero-order valence-corrected chi connectivity index (χ0v) is 9.59. The number of carbonyl (C=O) groups excluding carboxylic acids is 1. The van der Waals surface area contributed by atoms with Gasteiger partial charge in [0.2, 0.25) is 5.91 Å². The van der Waals surface area contributed by atoms with E-state index in [4.69, 9.17) is 0 Å². The van der Waals surface area contributed by atoms with Gasteiger partial charge in [-0.05, 0) is 17.7 Å². The molecule has 0 aliphatic heterocycles. The summed E-state index contributed by atoms with van der Waals surface area (Å²) in [5, 5.41) is 5.77. The van der Waals surface area contributed by atoms with Gasteiger partial charge >= 0.3 is 0 Å². The molecule has 0 unspecified atom stereocenters. The highest BCUT2D eigenvalue weighted by Crippen LogP contribution is 2.01. The van der Waals surface area contributed by atoms with Gasteiger partial charge in [-0.2, -0.15) is 0 Å². The first-order valence-electron chi connectivity index (χ1n) is 5.32. The van der Waals surface area contributed by atoms with E-state index in [1.54, 1.807) is 12.1 Å². The fourth-order valence-electron chi connectivity index (χ4n) is 1.16. The van der Waals surface area contributed by atoms with Gasteiger partial charge in [0.25, 0.3) is 0 Å². The van der Waals surface area contributed by atoms with E-state index in [2.05, 4.69) is 10.6 Å². The third-order valence-corrected chi connectivity index (χ3v) is 2.07. The van der Waals surface area contributed by atoms with Crippen molar-refractivity contribution in [2.24, 2.45) is 0 Å².